The molecule has 0 radical (unpaired) electrons. The number of carbonyl (C=O) groups excluding carboxylic acids is 2. The smallest absolute Gasteiger partial charge is 0.321 e. The van der Waals surface area contributed by atoms with Gasteiger partial charge in [0.15, 0.2) is 5.96 Å². The number of nitrogens with zero attached hydrogens (tertiary/aromatic N) is 1. The molecule has 2 atom stereocenters. The molecule has 8 heteroatoms. The summed E-state index contributed by atoms with van der Waals surface area (Å²) in [7, 11) is 0. The monoisotopic (exact) mass is 527 g/mol. The molecule has 3 amide bonds. The Bertz CT molecular complexity index is 1230. The van der Waals surface area contributed by atoms with E-state index in [-0.39, 0.29) is 23.9 Å². The summed E-state index contributed by atoms with van der Waals surface area (Å²) in [6.07, 6.45) is 3.80. The van der Waals surface area contributed by atoms with Gasteiger partial charge in [0.05, 0.1) is 18.6 Å². The van der Waals surface area contributed by atoms with Gasteiger partial charge >= 0.3 is 6.03 Å². The van der Waals surface area contributed by atoms with E-state index in [1.807, 2.05) is 84.9 Å². The average molecular weight is 528 g/mol. The Balaban J connectivity index is 1.28. The summed E-state index contributed by atoms with van der Waals surface area (Å²) in [6.45, 7) is 1.89. The molecule has 3 aromatic rings. The van der Waals surface area contributed by atoms with Gasteiger partial charge in [-0.25, -0.2) is 9.79 Å². The second-order valence-electron chi connectivity index (χ2n) is 9.72. The zero-order valence-corrected chi connectivity index (χ0v) is 22.1. The van der Waals surface area contributed by atoms with Crippen LogP contribution >= 0.6 is 0 Å². The molecular weight excluding hydrogens is 490 g/mol. The van der Waals surface area contributed by atoms with Crippen LogP contribution in [0.5, 0.6) is 0 Å². The number of benzene rings is 3. The first-order chi connectivity index (χ1) is 19.1. The number of carbonyl (C=O) groups is 2. The Morgan fingerprint density at radius 1 is 0.897 bits per heavy atom. The van der Waals surface area contributed by atoms with E-state index >= 15 is 0 Å². The van der Waals surface area contributed by atoms with Crippen molar-refractivity contribution in [2.24, 2.45) is 10.7 Å². The maximum atomic E-state index is 13.3. The molecule has 1 fully saturated rings. The second kappa shape index (κ2) is 14.7. The molecule has 204 valence electrons. The van der Waals surface area contributed by atoms with E-state index in [4.69, 9.17) is 10.5 Å². The van der Waals surface area contributed by atoms with Gasteiger partial charge in [-0.1, -0.05) is 84.9 Å². The lowest BCUT2D eigenvalue weighted by molar-refractivity contribution is -0.122. The van der Waals surface area contributed by atoms with Crippen LogP contribution in [-0.4, -0.2) is 37.2 Å². The molecule has 3 aromatic carbocycles. The van der Waals surface area contributed by atoms with Gasteiger partial charge in [-0.3, -0.25) is 10.1 Å². The lowest BCUT2D eigenvalue weighted by atomic mass is 9.91. The van der Waals surface area contributed by atoms with Gasteiger partial charge < -0.3 is 21.1 Å². The summed E-state index contributed by atoms with van der Waals surface area (Å²) < 4.78 is 5.62. The topological polar surface area (TPSA) is 118 Å². The van der Waals surface area contributed by atoms with Crippen molar-refractivity contribution in [1.82, 2.24) is 16.0 Å². The number of nitrogens with one attached hydrogen (secondary N) is 3. The van der Waals surface area contributed by atoms with Crippen LogP contribution in [0.1, 0.15) is 47.4 Å². The summed E-state index contributed by atoms with van der Waals surface area (Å²) in [6, 6.07) is 27.3. The first kappa shape index (κ1) is 27.9. The quantitative estimate of drug-likeness (QED) is 0.235. The lowest BCUT2D eigenvalue weighted by Crippen LogP contribution is -2.46. The number of aliphatic imine (C=N–C) groups is 1. The van der Waals surface area contributed by atoms with Gasteiger partial charge in [0, 0.05) is 19.7 Å². The van der Waals surface area contributed by atoms with E-state index in [9.17, 15) is 9.59 Å². The minimum absolute atomic E-state index is 0.0217. The van der Waals surface area contributed by atoms with Crippen LogP contribution in [0.4, 0.5) is 4.79 Å². The minimum atomic E-state index is -0.398. The van der Waals surface area contributed by atoms with Crippen molar-refractivity contribution in [2.75, 3.05) is 13.2 Å². The van der Waals surface area contributed by atoms with Crippen LogP contribution in [0.25, 0.3) is 0 Å². The number of rotatable bonds is 10. The third kappa shape index (κ3) is 9.26. The van der Waals surface area contributed by atoms with Gasteiger partial charge in [0.1, 0.15) is 0 Å². The van der Waals surface area contributed by atoms with E-state index in [2.05, 4.69) is 20.9 Å². The zero-order chi connectivity index (χ0) is 27.3. The molecule has 0 aromatic heterocycles. The van der Waals surface area contributed by atoms with Gasteiger partial charge in [-0.2, -0.15) is 0 Å². The maximum absolute atomic E-state index is 13.3. The highest BCUT2D eigenvalue weighted by molar-refractivity contribution is 5.95. The summed E-state index contributed by atoms with van der Waals surface area (Å²) in [5.74, 6) is -0.267. The lowest BCUT2D eigenvalue weighted by Gasteiger charge is -2.22. The first-order valence-corrected chi connectivity index (χ1v) is 13.5. The van der Waals surface area contributed by atoms with Gasteiger partial charge in [-0.15, -0.1) is 0 Å². The fourth-order valence-electron chi connectivity index (χ4n) is 4.60. The van der Waals surface area contributed by atoms with E-state index < -0.39 is 6.03 Å². The van der Waals surface area contributed by atoms with Crippen LogP contribution in [0.15, 0.2) is 89.9 Å². The summed E-state index contributed by atoms with van der Waals surface area (Å²) in [5, 5.41) is 8.44. The zero-order valence-electron chi connectivity index (χ0n) is 22.1. The van der Waals surface area contributed by atoms with E-state index in [0.29, 0.717) is 26.1 Å². The highest BCUT2D eigenvalue weighted by Crippen LogP contribution is 2.21. The van der Waals surface area contributed by atoms with Gasteiger partial charge in [0.2, 0.25) is 5.91 Å². The number of guanidine groups is 1. The molecule has 1 saturated heterocycles. The Morgan fingerprint density at radius 2 is 1.62 bits per heavy atom. The van der Waals surface area contributed by atoms with E-state index in [1.54, 1.807) is 0 Å². The van der Waals surface area contributed by atoms with Crippen LogP contribution in [0, 0.1) is 0 Å². The number of hydrogen-bond acceptors (Lipinski definition) is 4. The molecule has 0 aliphatic carbocycles. The third-order valence-corrected chi connectivity index (χ3v) is 6.70. The third-order valence-electron chi connectivity index (χ3n) is 6.70. The molecule has 1 aliphatic heterocycles. The number of amides is 3. The molecule has 0 spiro atoms. The number of urea groups is 1. The second-order valence-corrected chi connectivity index (χ2v) is 9.72. The maximum Gasteiger partial charge on any atom is 0.321 e. The van der Waals surface area contributed by atoms with E-state index in [1.165, 1.54) is 0 Å². The molecule has 0 bridgehead atoms. The Labute approximate surface area is 230 Å². The van der Waals surface area contributed by atoms with Crippen LogP contribution in [-0.2, 0) is 29.0 Å². The number of nitrogens with two attached hydrogens (primary N) is 1. The molecule has 39 heavy (non-hydrogen) atoms. The Kier molecular flexibility index (Phi) is 10.5. The first-order valence-electron chi connectivity index (χ1n) is 13.5. The Hall–Kier alpha value is -4.17. The largest absolute Gasteiger partial charge is 0.376 e. The predicted octanol–water partition coefficient (Wildman–Crippen LogP) is 4.01. The standard InChI is InChI=1S/C31H37N5O3/c32-30(36-31(38)35-22-27-16-7-8-17-39-27)34-21-25-13-9-12-24(18-25)20-33-29(37)28(26-14-5-2-6-15-26)19-23-10-3-1-4-11-23/h1-6,9-15,18,27-28H,7-8,16-17,19-22H2,(H,33,37)(H4,32,34,35,36,38). The fraction of sp³-hybridized carbons (Fsp3) is 0.323. The van der Waals surface area contributed by atoms with Crippen LogP contribution < -0.4 is 21.7 Å². The van der Waals surface area contributed by atoms with Crippen molar-refractivity contribution in [3.8, 4) is 0 Å². The average Bonchev–Trinajstić information content (AvgIpc) is 2.98. The normalized spacial score (nSPS) is 16.2. The van der Waals surface area contributed by atoms with Crippen molar-refractivity contribution >= 4 is 17.9 Å². The Morgan fingerprint density at radius 3 is 2.36 bits per heavy atom. The fourth-order valence-corrected chi connectivity index (χ4v) is 4.60. The van der Waals surface area contributed by atoms with Crippen LogP contribution in [0.3, 0.4) is 0 Å². The minimum Gasteiger partial charge on any atom is -0.376 e. The number of hydrogen-bond donors (Lipinski definition) is 4. The SMILES string of the molecule is NC(=NCc1cccc(CNC(=O)C(Cc2ccccc2)c2ccccc2)c1)NC(=O)NCC1CCCCO1. The van der Waals surface area contributed by atoms with Gasteiger partial charge in [-0.05, 0) is 47.9 Å². The molecule has 2 unspecified atom stereocenters. The predicted molar refractivity (Wildman–Crippen MR) is 153 cm³/mol. The van der Waals surface area contributed by atoms with Crippen molar-refractivity contribution in [2.45, 2.75) is 50.8 Å². The van der Waals surface area contributed by atoms with Crippen molar-refractivity contribution in [3.63, 3.8) is 0 Å². The van der Waals surface area contributed by atoms with Crippen molar-refractivity contribution < 1.29 is 14.3 Å². The molecule has 8 nitrogen and oxygen atoms in total. The van der Waals surface area contributed by atoms with Crippen LogP contribution in [0.2, 0.25) is 0 Å². The van der Waals surface area contributed by atoms with Gasteiger partial charge in [0.25, 0.3) is 0 Å². The molecule has 1 aliphatic rings. The molecule has 5 N–H and O–H groups in total. The summed E-state index contributed by atoms with van der Waals surface area (Å²) in [5.41, 5.74) is 9.89. The van der Waals surface area contributed by atoms with Crippen molar-refractivity contribution in [1.29, 1.82) is 0 Å². The molecule has 4 rings (SSSR count). The number of ether oxygens (including phenoxy) is 1. The summed E-state index contributed by atoms with van der Waals surface area (Å²) >= 11 is 0. The molecule has 1 heterocycles. The van der Waals surface area contributed by atoms with E-state index in [0.717, 1.165) is 48.1 Å². The highest BCUT2D eigenvalue weighted by atomic mass is 16.5. The molecular formula is C31H37N5O3. The highest BCUT2D eigenvalue weighted by Gasteiger charge is 2.21. The molecule has 0 saturated carbocycles. The summed E-state index contributed by atoms with van der Waals surface area (Å²) in [4.78, 5) is 29.7. The van der Waals surface area contributed by atoms with Crippen molar-refractivity contribution in [3.05, 3.63) is 107 Å².